The normalized spacial score (nSPS) is 39.3. The third-order valence-corrected chi connectivity index (χ3v) is 11.2. The lowest BCUT2D eigenvalue weighted by atomic mass is 9.47. The SMILES string of the molecule is C=CC(=O)NCCO[C@H]1CC[C@@]2(C)C(=CC[C@@H]3[C@@H]2CC[C@]2(C)C([C@H](C)CCCC(C)C)CC[C@@H]32)C1. The Balaban J connectivity index is 1.37. The number of hydrogen-bond acceptors (Lipinski definition) is 2. The molecule has 0 bridgehead atoms. The van der Waals surface area contributed by atoms with Crippen LogP contribution >= 0.6 is 0 Å². The topological polar surface area (TPSA) is 38.3 Å². The molecule has 8 atom stereocenters. The fourth-order valence-electron chi connectivity index (χ4n) is 9.27. The number of nitrogens with one attached hydrogen (secondary N) is 1. The molecule has 4 aliphatic rings. The zero-order chi connectivity index (χ0) is 25.2. The van der Waals surface area contributed by atoms with E-state index in [4.69, 9.17) is 4.74 Å². The van der Waals surface area contributed by atoms with Gasteiger partial charge in [0.25, 0.3) is 0 Å². The molecule has 0 radical (unpaired) electrons. The van der Waals surface area contributed by atoms with Crippen molar-refractivity contribution >= 4 is 5.91 Å². The van der Waals surface area contributed by atoms with E-state index < -0.39 is 0 Å². The standard InChI is InChI=1S/C32H53NO2/c1-7-30(34)33-19-20-35-25-15-17-31(5)24(21-25)11-12-26-28-14-13-27(23(4)10-8-9-22(2)3)32(28,6)18-16-29(26)31/h7,11,22-23,25-29H,1,8-10,12-21H2,2-6H3,(H,33,34)/t23-,25+,26+,27?,28+,29+,31+,32-/m1/s1. The number of hydrogen-bond donors (Lipinski definition) is 1. The molecule has 35 heavy (non-hydrogen) atoms. The van der Waals surface area contributed by atoms with Crippen LogP contribution in [0.5, 0.6) is 0 Å². The first kappa shape index (κ1) is 27.0. The van der Waals surface area contributed by atoms with Gasteiger partial charge < -0.3 is 10.1 Å². The molecule has 3 fully saturated rings. The van der Waals surface area contributed by atoms with Crippen molar-refractivity contribution in [3.63, 3.8) is 0 Å². The van der Waals surface area contributed by atoms with Crippen molar-refractivity contribution in [1.29, 1.82) is 0 Å². The van der Waals surface area contributed by atoms with Crippen LogP contribution in [-0.4, -0.2) is 25.2 Å². The van der Waals surface area contributed by atoms with Gasteiger partial charge in [-0.1, -0.05) is 72.1 Å². The van der Waals surface area contributed by atoms with Crippen LogP contribution < -0.4 is 5.32 Å². The number of rotatable bonds is 10. The predicted molar refractivity (Wildman–Crippen MR) is 146 cm³/mol. The van der Waals surface area contributed by atoms with Crippen molar-refractivity contribution in [2.45, 2.75) is 111 Å². The summed E-state index contributed by atoms with van der Waals surface area (Å²) >= 11 is 0. The quantitative estimate of drug-likeness (QED) is 0.196. The summed E-state index contributed by atoms with van der Waals surface area (Å²) in [4.78, 5) is 11.4. The van der Waals surface area contributed by atoms with E-state index in [-0.39, 0.29) is 5.91 Å². The summed E-state index contributed by atoms with van der Waals surface area (Å²) in [5.74, 6) is 5.22. The van der Waals surface area contributed by atoms with E-state index >= 15 is 0 Å². The number of ether oxygens (including phenoxy) is 1. The Morgan fingerprint density at radius 1 is 1.14 bits per heavy atom. The molecule has 0 heterocycles. The molecule has 3 heteroatoms. The molecule has 4 rings (SSSR count). The van der Waals surface area contributed by atoms with Gasteiger partial charge in [-0.15, -0.1) is 0 Å². The number of allylic oxidation sites excluding steroid dienone is 1. The molecular formula is C32H53NO2. The average molecular weight is 484 g/mol. The lowest BCUT2D eigenvalue weighted by Gasteiger charge is -2.58. The van der Waals surface area contributed by atoms with Crippen LogP contribution in [0.3, 0.4) is 0 Å². The van der Waals surface area contributed by atoms with Crippen LogP contribution in [0.4, 0.5) is 0 Å². The molecule has 0 saturated heterocycles. The van der Waals surface area contributed by atoms with Crippen molar-refractivity contribution in [1.82, 2.24) is 5.32 Å². The third-order valence-electron chi connectivity index (χ3n) is 11.2. The molecule has 4 aliphatic carbocycles. The maximum Gasteiger partial charge on any atom is 0.243 e. The van der Waals surface area contributed by atoms with E-state index in [1.54, 1.807) is 5.57 Å². The highest BCUT2D eigenvalue weighted by atomic mass is 16.5. The van der Waals surface area contributed by atoms with Gasteiger partial charge in [-0.3, -0.25) is 4.79 Å². The fourth-order valence-corrected chi connectivity index (χ4v) is 9.27. The Morgan fingerprint density at radius 2 is 1.94 bits per heavy atom. The van der Waals surface area contributed by atoms with Crippen LogP contribution in [0.2, 0.25) is 0 Å². The zero-order valence-corrected chi connectivity index (χ0v) is 23.4. The number of fused-ring (bicyclic) bond motifs is 5. The highest BCUT2D eigenvalue weighted by molar-refractivity contribution is 5.86. The van der Waals surface area contributed by atoms with Crippen LogP contribution in [0, 0.1) is 46.3 Å². The molecule has 1 amide bonds. The number of amides is 1. The minimum Gasteiger partial charge on any atom is -0.376 e. The Labute approximate surface area is 215 Å². The van der Waals surface area contributed by atoms with Crippen molar-refractivity contribution in [3.8, 4) is 0 Å². The molecule has 0 aromatic carbocycles. The van der Waals surface area contributed by atoms with Gasteiger partial charge in [0.2, 0.25) is 5.91 Å². The molecule has 198 valence electrons. The van der Waals surface area contributed by atoms with E-state index in [1.165, 1.54) is 63.9 Å². The first-order valence-corrected chi connectivity index (χ1v) is 14.9. The smallest absolute Gasteiger partial charge is 0.243 e. The Kier molecular flexibility index (Phi) is 8.56. The zero-order valence-electron chi connectivity index (χ0n) is 23.4. The molecule has 3 saturated carbocycles. The minimum atomic E-state index is -0.116. The van der Waals surface area contributed by atoms with Gasteiger partial charge in [-0.25, -0.2) is 0 Å². The van der Waals surface area contributed by atoms with Crippen molar-refractivity contribution < 1.29 is 9.53 Å². The van der Waals surface area contributed by atoms with E-state index in [9.17, 15) is 4.79 Å². The summed E-state index contributed by atoms with van der Waals surface area (Å²) < 4.78 is 6.19. The summed E-state index contributed by atoms with van der Waals surface area (Å²) in [5.41, 5.74) is 2.63. The number of carbonyl (C=O) groups excluding carboxylic acids is 1. The van der Waals surface area contributed by atoms with Gasteiger partial charge in [0, 0.05) is 6.54 Å². The summed E-state index contributed by atoms with van der Waals surface area (Å²) in [6.45, 7) is 17.3. The lowest BCUT2D eigenvalue weighted by Crippen LogP contribution is -2.51. The monoisotopic (exact) mass is 483 g/mol. The second-order valence-corrected chi connectivity index (χ2v) is 13.5. The van der Waals surface area contributed by atoms with E-state index in [0.717, 1.165) is 48.3 Å². The highest BCUT2D eigenvalue weighted by Gasteiger charge is 2.59. The molecular weight excluding hydrogens is 430 g/mol. The first-order valence-electron chi connectivity index (χ1n) is 14.9. The van der Waals surface area contributed by atoms with Gasteiger partial charge in [-0.2, -0.15) is 0 Å². The van der Waals surface area contributed by atoms with E-state index in [2.05, 4.69) is 52.6 Å². The van der Waals surface area contributed by atoms with Crippen molar-refractivity contribution in [2.24, 2.45) is 46.3 Å². The summed E-state index contributed by atoms with van der Waals surface area (Å²) in [7, 11) is 0. The summed E-state index contributed by atoms with van der Waals surface area (Å²) in [6, 6.07) is 0. The van der Waals surface area contributed by atoms with Gasteiger partial charge in [-0.05, 0) is 104 Å². The third kappa shape index (κ3) is 5.46. The summed E-state index contributed by atoms with van der Waals surface area (Å²) in [6.07, 6.45) is 19.2. The molecule has 0 aliphatic heterocycles. The first-order chi connectivity index (χ1) is 16.7. The van der Waals surface area contributed by atoms with Gasteiger partial charge >= 0.3 is 0 Å². The van der Waals surface area contributed by atoms with Gasteiger partial charge in [0.1, 0.15) is 0 Å². The predicted octanol–water partition coefficient (Wildman–Crippen LogP) is 7.72. The second kappa shape index (κ2) is 11.1. The largest absolute Gasteiger partial charge is 0.376 e. The number of carbonyl (C=O) groups is 1. The Hall–Kier alpha value is -1.09. The van der Waals surface area contributed by atoms with Crippen LogP contribution in [-0.2, 0) is 9.53 Å². The van der Waals surface area contributed by atoms with Crippen molar-refractivity contribution in [2.75, 3.05) is 13.2 Å². The maximum atomic E-state index is 11.4. The fraction of sp³-hybridized carbons (Fsp3) is 0.844. The van der Waals surface area contributed by atoms with Crippen molar-refractivity contribution in [3.05, 3.63) is 24.3 Å². The second-order valence-electron chi connectivity index (χ2n) is 13.5. The van der Waals surface area contributed by atoms with Crippen LogP contribution in [0.1, 0.15) is 105 Å². The van der Waals surface area contributed by atoms with Gasteiger partial charge in [0.05, 0.1) is 12.7 Å². The van der Waals surface area contributed by atoms with E-state index in [1.807, 2.05) is 0 Å². The average Bonchev–Trinajstić information content (AvgIpc) is 3.18. The van der Waals surface area contributed by atoms with Crippen LogP contribution in [0.25, 0.3) is 0 Å². The minimum absolute atomic E-state index is 0.116. The Bertz CT molecular complexity index is 786. The molecule has 0 aromatic rings. The van der Waals surface area contributed by atoms with Gasteiger partial charge in [0.15, 0.2) is 0 Å². The van der Waals surface area contributed by atoms with E-state index in [0.29, 0.717) is 30.1 Å². The molecule has 1 N–H and O–H groups in total. The lowest BCUT2D eigenvalue weighted by molar-refractivity contribution is -0.116. The van der Waals surface area contributed by atoms with Crippen LogP contribution in [0.15, 0.2) is 24.3 Å². The molecule has 3 nitrogen and oxygen atoms in total. The Morgan fingerprint density at radius 3 is 2.69 bits per heavy atom. The molecule has 0 aromatic heterocycles. The maximum absolute atomic E-state index is 11.4. The molecule has 0 spiro atoms. The highest BCUT2D eigenvalue weighted by Crippen LogP contribution is 2.67. The molecule has 1 unspecified atom stereocenters. The summed E-state index contributed by atoms with van der Waals surface area (Å²) in [5, 5.41) is 2.83.